The molecule has 19 heavy (non-hydrogen) atoms. The van der Waals surface area contributed by atoms with Crippen LogP contribution in [0.15, 0.2) is 12.2 Å². The highest BCUT2D eigenvalue weighted by molar-refractivity contribution is 5.87. The molecule has 1 saturated heterocycles. The van der Waals surface area contributed by atoms with Gasteiger partial charge in [0.15, 0.2) is 5.41 Å². The number of nitrogens with zero attached hydrogens (tertiary/aromatic N) is 1. The highest BCUT2D eigenvalue weighted by Crippen LogP contribution is 2.63. The van der Waals surface area contributed by atoms with Gasteiger partial charge in [0.25, 0.3) is 0 Å². The summed E-state index contributed by atoms with van der Waals surface area (Å²) in [5, 5.41) is 9.27. The number of fused-ring (bicyclic) bond motifs is 1. The average Bonchev–Trinajstić information content (AvgIpc) is 2.95. The van der Waals surface area contributed by atoms with Crippen molar-refractivity contribution in [3.05, 3.63) is 12.2 Å². The molecule has 1 heterocycles. The Kier molecular flexibility index (Phi) is 2.46. The number of hydrogen-bond acceptors (Lipinski definition) is 5. The fraction of sp³-hybridized carbons (Fsp3) is 0.643. The first kappa shape index (κ1) is 12.2. The van der Waals surface area contributed by atoms with Crippen LogP contribution in [-0.2, 0) is 19.1 Å². The fourth-order valence-electron chi connectivity index (χ4n) is 3.82. The normalized spacial score (nSPS) is 41.8. The lowest BCUT2D eigenvalue weighted by Crippen LogP contribution is -2.36. The molecule has 0 amide bonds. The molecule has 1 aliphatic heterocycles. The Morgan fingerprint density at radius 1 is 1.68 bits per heavy atom. The van der Waals surface area contributed by atoms with Gasteiger partial charge in [-0.2, -0.15) is 5.26 Å². The van der Waals surface area contributed by atoms with E-state index >= 15 is 0 Å². The van der Waals surface area contributed by atoms with Crippen LogP contribution in [-0.4, -0.2) is 24.6 Å². The minimum absolute atomic E-state index is 0.0245. The van der Waals surface area contributed by atoms with Gasteiger partial charge in [-0.05, 0) is 25.7 Å². The van der Waals surface area contributed by atoms with Crippen LogP contribution in [0, 0.1) is 34.5 Å². The lowest BCUT2D eigenvalue weighted by molar-refractivity contribution is -0.148. The summed E-state index contributed by atoms with van der Waals surface area (Å²) in [5.41, 5.74) is -0.567. The van der Waals surface area contributed by atoms with Crippen LogP contribution in [0.1, 0.15) is 19.8 Å². The summed E-state index contributed by atoms with van der Waals surface area (Å²) in [5.74, 6) is -0.566. The molecule has 5 atom stereocenters. The van der Waals surface area contributed by atoms with Crippen LogP contribution in [0.5, 0.6) is 0 Å². The second-order valence-corrected chi connectivity index (χ2v) is 5.80. The van der Waals surface area contributed by atoms with Crippen molar-refractivity contribution in [2.75, 3.05) is 6.61 Å². The zero-order chi connectivity index (χ0) is 13.8. The summed E-state index contributed by atoms with van der Waals surface area (Å²) in [6, 6.07) is 2.16. The van der Waals surface area contributed by atoms with Crippen molar-refractivity contribution in [1.82, 2.24) is 0 Å². The Hall–Kier alpha value is -1.83. The lowest BCUT2D eigenvalue weighted by Gasteiger charge is -2.27. The van der Waals surface area contributed by atoms with E-state index in [1.165, 1.54) is 0 Å². The fourth-order valence-corrected chi connectivity index (χ4v) is 3.82. The van der Waals surface area contributed by atoms with Gasteiger partial charge in [0.2, 0.25) is 0 Å². The molecule has 5 unspecified atom stereocenters. The quantitative estimate of drug-likeness (QED) is 0.563. The zero-order valence-electron chi connectivity index (χ0n) is 10.7. The van der Waals surface area contributed by atoms with Gasteiger partial charge in [0, 0.05) is 17.4 Å². The summed E-state index contributed by atoms with van der Waals surface area (Å²) in [4.78, 5) is 23.3. The molecule has 0 spiro atoms. The minimum Gasteiger partial charge on any atom is -0.462 e. The molecule has 5 heteroatoms. The van der Waals surface area contributed by atoms with Crippen LogP contribution < -0.4 is 0 Å². The topological polar surface area (TPSA) is 76.4 Å². The van der Waals surface area contributed by atoms with Crippen LogP contribution in [0.3, 0.4) is 0 Å². The van der Waals surface area contributed by atoms with Gasteiger partial charge < -0.3 is 9.47 Å². The molecule has 3 rings (SSSR count). The molecule has 5 nitrogen and oxygen atoms in total. The third-order valence-corrected chi connectivity index (χ3v) is 4.76. The summed E-state index contributed by atoms with van der Waals surface area (Å²) in [7, 11) is 0. The Morgan fingerprint density at radius 2 is 2.42 bits per heavy atom. The zero-order valence-corrected chi connectivity index (χ0v) is 10.7. The highest BCUT2D eigenvalue weighted by atomic mass is 16.6. The maximum absolute atomic E-state index is 11.9. The van der Waals surface area contributed by atoms with Crippen LogP contribution in [0.4, 0.5) is 0 Å². The van der Waals surface area contributed by atoms with Gasteiger partial charge in [-0.3, -0.25) is 4.79 Å². The van der Waals surface area contributed by atoms with Crippen LogP contribution in [0.25, 0.3) is 0 Å². The van der Waals surface area contributed by atoms with Crippen molar-refractivity contribution >= 4 is 11.9 Å². The smallest absolute Gasteiger partial charge is 0.333 e. The molecule has 2 saturated carbocycles. The first-order valence-corrected chi connectivity index (χ1v) is 6.44. The minimum atomic E-state index is -0.926. The summed E-state index contributed by atoms with van der Waals surface area (Å²) in [6.45, 7) is 5.37. The Bertz CT molecular complexity index is 520. The maximum atomic E-state index is 11.9. The highest BCUT2D eigenvalue weighted by Gasteiger charge is 2.71. The summed E-state index contributed by atoms with van der Waals surface area (Å²) >= 11 is 0. The van der Waals surface area contributed by atoms with Gasteiger partial charge in [0.05, 0.1) is 12.7 Å². The summed E-state index contributed by atoms with van der Waals surface area (Å²) < 4.78 is 10.5. The van der Waals surface area contributed by atoms with Crippen molar-refractivity contribution in [3.8, 4) is 6.07 Å². The molecular formula is C14H15NO4. The molecule has 0 aromatic heterocycles. The molecule has 3 fully saturated rings. The van der Waals surface area contributed by atoms with Gasteiger partial charge in [0.1, 0.15) is 6.10 Å². The number of nitriles is 1. The van der Waals surface area contributed by atoms with E-state index < -0.39 is 11.4 Å². The number of carbonyl (C=O) groups excluding carboxylic acids is 2. The molecule has 0 aromatic rings. The van der Waals surface area contributed by atoms with E-state index in [0.717, 1.165) is 6.42 Å². The molecule has 100 valence electrons. The maximum Gasteiger partial charge on any atom is 0.333 e. The van der Waals surface area contributed by atoms with E-state index in [2.05, 4.69) is 12.6 Å². The standard InChI is InChI=1S/C14H15NO4/c1-7(2)12(16)18-5-9-8-3-10-11(9)19-13(17)14(10,4-8)6-15/h8-11H,1,3-5H2,2H3. The van der Waals surface area contributed by atoms with E-state index in [-0.39, 0.29) is 36.4 Å². The second kappa shape index (κ2) is 3.83. The number of rotatable bonds is 3. The van der Waals surface area contributed by atoms with Crippen molar-refractivity contribution in [3.63, 3.8) is 0 Å². The molecule has 3 aliphatic rings. The molecule has 2 aliphatic carbocycles. The number of hydrogen-bond donors (Lipinski definition) is 0. The lowest BCUT2D eigenvalue weighted by atomic mass is 9.72. The van der Waals surface area contributed by atoms with E-state index in [0.29, 0.717) is 12.0 Å². The monoisotopic (exact) mass is 261 g/mol. The number of esters is 2. The summed E-state index contributed by atoms with van der Waals surface area (Å²) in [6.07, 6.45) is 1.10. The van der Waals surface area contributed by atoms with E-state index in [1.54, 1.807) is 6.92 Å². The average molecular weight is 261 g/mol. The predicted molar refractivity (Wildman–Crippen MR) is 63.4 cm³/mol. The molecule has 0 N–H and O–H groups in total. The van der Waals surface area contributed by atoms with Crippen LogP contribution in [0.2, 0.25) is 0 Å². The second-order valence-electron chi connectivity index (χ2n) is 5.80. The van der Waals surface area contributed by atoms with Gasteiger partial charge in [-0.15, -0.1) is 0 Å². The van der Waals surface area contributed by atoms with Gasteiger partial charge >= 0.3 is 11.9 Å². The third kappa shape index (κ3) is 1.46. The Morgan fingerprint density at radius 3 is 3.05 bits per heavy atom. The van der Waals surface area contributed by atoms with Crippen LogP contribution >= 0.6 is 0 Å². The van der Waals surface area contributed by atoms with Crippen molar-refractivity contribution in [2.24, 2.45) is 23.2 Å². The molecule has 0 aromatic carbocycles. The van der Waals surface area contributed by atoms with Crippen molar-refractivity contribution in [1.29, 1.82) is 5.26 Å². The molecule has 0 radical (unpaired) electrons. The Balaban J connectivity index is 1.73. The Labute approximate surface area is 111 Å². The molecule has 2 bridgehead atoms. The first-order chi connectivity index (χ1) is 8.99. The number of ether oxygens (including phenoxy) is 2. The SMILES string of the molecule is C=C(C)C(=O)OCC1C2CC3C1OC(=O)C3(C#N)C2. The van der Waals surface area contributed by atoms with Crippen molar-refractivity contribution < 1.29 is 19.1 Å². The predicted octanol–water partition coefficient (Wildman–Crippen LogP) is 1.20. The molecular weight excluding hydrogens is 246 g/mol. The third-order valence-electron chi connectivity index (χ3n) is 4.76. The number of carbonyl (C=O) groups is 2. The van der Waals surface area contributed by atoms with E-state index in [1.807, 2.05) is 0 Å². The van der Waals surface area contributed by atoms with E-state index in [9.17, 15) is 14.9 Å². The van der Waals surface area contributed by atoms with E-state index in [4.69, 9.17) is 9.47 Å². The van der Waals surface area contributed by atoms with Gasteiger partial charge in [-0.25, -0.2) is 4.79 Å². The van der Waals surface area contributed by atoms with Crippen molar-refractivity contribution in [2.45, 2.75) is 25.9 Å². The largest absolute Gasteiger partial charge is 0.462 e. The van der Waals surface area contributed by atoms with Gasteiger partial charge in [-0.1, -0.05) is 6.58 Å². The first-order valence-electron chi connectivity index (χ1n) is 6.44.